The highest BCUT2D eigenvalue weighted by Gasteiger charge is 2.31. The molecule has 0 aliphatic heterocycles. The maximum Gasteiger partial charge on any atom is 0.329 e. The molecule has 0 aliphatic carbocycles. The molecule has 2 aromatic rings. The van der Waals surface area contributed by atoms with Gasteiger partial charge < -0.3 is 4.57 Å². The predicted octanol–water partition coefficient (Wildman–Crippen LogP) is -12.0. The van der Waals surface area contributed by atoms with Crippen molar-refractivity contribution in [1.82, 2.24) is 18.7 Å². The van der Waals surface area contributed by atoms with E-state index in [4.69, 9.17) is 0 Å². The van der Waals surface area contributed by atoms with Crippen LogP contribution in [-0.2, 0) is 15.7 Å². The van der Waals surface area contributed by atoms with Crippen LogP contribution in [0.5, 0.6) is 0 Å². The third-order valence-corrected chi connectivity index (χ3v) is 4.04. The van der Waals surface area contributed by atoms with Crippen molar-refractivity contribution in [3.63, 3.8) is 0 Å². The van der Waals surface area contributed by atoms with E-state index in [1.54, 1.807) is 4.57 Å². The number of nitrogens with zero attached hydrogens (tertiary/aromatic N) is 4. The highest BCUT2D eigenvalue weighted by molar-refractivity contribution is 6.58. The summed E-state index contributed by atoms with van der Waals surface area (Å²) >= 11 is 0. The van der Waals surface area contributed by atoms with Gasteiger partial charge in [0, 0.05) is 0 Å². The van der Waals surface area contributed by atoms with Gasteiger partial charge in [-0.3, -0.25) is 13.9 Å². The number of rotatable bonds is 3. The highest BCUT2D eigenvalue weighted by Crippen LogP contribution is 2.14. The van der Waals surface area contributed by atoms with Crippen molar-refractivity contribution in [3.05, 3.63) is 20.8 Å². The Morgan fingerprint density at radius 1 is 0.708 bits per heavy atom. The first-order valence-corrected chi connectivity index (χ1v) is 8.37. The topological polar surface area (TPSA) is 61.8 Å². The zero-order valence-corrected chi connectivity index (χ0v) is 16.6. The maximum atomic E-state index is 13.2. The average Bonchev–Trinajstić information content (AvgIpc) is 2.61. The number of hydrogen-bond donors (Lipinski definition) is 0. The predicted molar refractivity (Wildman–Crippen MR) is 127 cm³/mol. The molecule has 2 aromatic heterocycles. The van der Waals surface area contributed by atoms with Crippen LogP contribution >= 0.6 is 0 Å². The quantitative estimate of drug-likeness (QED) is 0.529. The molecule has 114 valence electrons. The molecule has 2 rings (SSSR count). The first-order valence-electron chi connectivity index (χ1n) is 8.37. The minimum Gasteiger partial charge on any atom is -0.349 e. The van der Waals surface area contributed by atoms with E-state index < -0.39 is 10.5 Å². The molecule has 0 aliphatic rings. The lowest BCUT2D eigenvalue weighted by Crippen LogP contribution is -2.57. The Morgan fingerprint density at radius 3 is 1.50 bits per heavy atom. The van der Waals surface area contributed by atoms with Crippen LogP contribution in [0.3, 0.4) is 0 Å². The van der Waals surface area contributed by atoms with Crippen molar-refractivity contribution in [2.75, 3.05) is 0 Å². The minimum atomic E-state index is -0.615. The van der Waals surface area contributed by atoms with Gasteiger partial charge in [0.2, 0.25) is 0 Å². The lowest BCUT2D eigenvalue weighted by molar-refractivity contribution is 0.611. The number of fused-ring (bicyclic) bond motifs is 1. The molecule has 0 amide bonds. The minimum absolute atomic E-state index is 0.279. The zero-order valence-electron chi connectivity index (χ0n) is 16.6. The van der Waals surface area contributed by atoms with Gasteiger partial charge in [-0.1, -0.05) is 0 Å². The van der Waals surface area contributed by atoms with Gasteiger partial charge in [0.25, 0.3) is 5.56 Å². The van der Waals surface area contributed by atoms with E-state index in [0.29, 0.717) is 11.2 Å². The summed E-state index contributed by atoms with van der Waals surface area (Å²) < 4.78 is 4.93. The zero-order chi connectivity index (χ0) is 18.8. The van der Waals surface area contributed by atoms with E-state index in [-0.39, 0.29) is 16.5 Å². The van der Waals surface area contributed by atoms with Crippen molar-refractivity contribution in [2.24, 2.45) is 0 Å². The van der Waals surface area contributed by atoms with Crippen LogP contribution in [0.2, 0.25) is 0 Å². The molecule has 16 heteroatoms. The molecule has 0 saturated carbocycles. The normalized spacial score (nSPS) is 13.3. The van der Waals surface area contributed by atoms with E-state index >= 15 is 0 Å². The van der Waals surface area contributed by atoms with Crippen molar-refractivity contribution in [3.8, 4) is 0 Å². The van der Waals surface area contributed by atoms with Crippen LogP contribution in [-0.4, -0.2) is 97.1 Å². The Bertz CT molecular complexity index is 924. The van der Waals surface area contributed by atoms with Crippen LogP contribution in [0.1, 0.15) is 0 Å². The summed E-state index contributed by atoms with van der Waals surface area (Å²) in [7, 11) is 19.5. The van der Waals surface area contributed by atoms with Gasteiger partial charge in [0.1, 0.15) is 76.1 Å². The second kappa shape index (κ2) is 5.40. The van der Waals surface area contributed by atoms with E-state index in [2.05, 4.69) is 4.98 Å². The summed E-state index contributed by atoms with van der Waals surface area (Å²) in [6.07, 6.45) is 0. The number of imidazole rings is 1. The fourth-order valence-corrected chi connectivity index (χ4v) is 3.27. The van der Waals surface area contributed by atoms with Gasteiger partial charge in [0.05, 0.1) is 5.72 Å². The van der Waals surface area contributed by atoms with Crippen molar-refractivity contribution >= 4 is 95.4 Å². The standard InChI is InChI=1S/C8H20B10N4O2/c9-4-19-2-1(20(4)6(10,11)12)3(23)22(8(16,17)18)5(24)21(2)7(13,14)15/h9-18H2. The molecule has 0 unspecified atom stereocenters. The van der Waals surface area contributed by atoms with E-state index in [1.165, 1.54) is 4.57 Å². The first-order chi connectivity index (χ1) is 10.6. The van der Waals surface area contributed by atoms with Gasteiger partial charge in [-0.15, -0.1) is 0 Å². The number of hydrogen-bond acceptors (Lipinski definition) is 3. The fourth-order valence-electron chi connectivity index (χ4n) is 3.27. The summed E-state index contributed by atoms with van der Waals surface area (Å²) in [6, 6.07) is 0. The van der Waals surface area contributed by atoms with Gasteiger partial charge in [-0.05, 0) is 15.7 Å². The van der Waals surface area contributed by atoms with Gasteiger partial charge in [-0.25, -0.2) is 9.78 Å². The molecule has 0 aromatic carbocycles. The molecule has 24 heavy (non-hydrogen) atoms. The van der Waals surface area contributed by atoms with Crippen LogP contribution in [0, 0.1) is 0 Å². The Hall–Kier alpha value is -1.20. The molecule has 0 atom stereocenters. The van der Waals surface area contributed by atoms with Crippen LogP contribution < -0.4 is 17.0 Å². The monoisotopic (exact) mass is 314 g/mol. The Labute approximate surface area is 151 Å². The third-order valence-electron chi connectivity index (χ3n) is 4.04. The van der Waals surface area contributed by atoms with Crippen molar-refractivity contribution < 1.29 is 0 Å². The molecular formula is C8H20B10N4O2. The number of aromatic nitrogens is 4. The van der Waals surface area contributed by atoms with E-state index in [9.17, 15) is 9.59 Å². The molecular weight excluding hydrogens is 292 g/mol. The van der Waals surface area contributed by atoms with Gasteiger partial charge >= 0.3 is 5.69 Å². The molecule has 0 spiro atoms. The second-order valence-electron chi connectivity index (χ2n) is 9.44. The lowest BCUT2D eigenvalue weighted by Gasteiger charge is -2.30. The maximum absolute atomic E-state index is 13.2. The molecule has 0 N–H and O–H groups in total. The Balaban J connectivity index is 3.26. The summed E-state index contributed by atoms with van der Waals surface area (Å²) in [5, 5.41) is -1.41. The summed E-state index contributed by atoms with van der Waals surface area (Å²) in [4.78, 5) is 31.0. The molecule has 0 fully saturated rings. The average molecular weight is 312 g/mol. The van der Waals surface area contributed by atoms with Crippen molar-refractivity contribution in [2.45, 2.75) is 15.7 Å². The molecule has 0 bridgehead atoms. The van der Waals surface area contributed by atoms with E-state index in [1.807, 2.05) is 83.0 Å². The smallest absolute Gasteiger partial charge is 0.329 e. The van der Waals surface area contributed by atoms with Crippen LogP contribution in [0.4, 0.5) is 0 Å². The Morgan fingerprint density at radius 2 is 1.12 bits per heavy atom. The van der Waals surface area contributed by atoms with Gasteiger partial charge in [-0.2, -0.15) is 0 Å². The largest absolute Gasteiger partial charge is 0.349 e. The SMILES string of the molecule is Bc1nc2c(c(=O)n(C(B)(B)B)c(=O)n2C(B)(B)B)n1C(B)(B)B. The third kappa shape index (κ3) is 2.92. The van der Waals surface area contributed by atoms with Crippen LogP contribution in [0.15, 0.2) is 9.59 Å². The Kier molecular flexibility index (Phi) is 4.30. The summed E-state index contributed by atoms with van der Waals surface area (Å²) in [6.45, 7) is 0. The van der Waals surface area contributed by atoms with Crippen LogP contribution in [0.25, 0.3) is 11.2 Å². The van der Waals surface area contributed by atoms with Crippen molar-refractivity contribution in [1.29, 1.82) is 0 Å². The fraction of sp³-hybridized carbons (Fsp3) is 0.375. The molecule has 0 saturated heterocycles. The van der Waals surface area contributed by atoms with E-state index in [0.717, 1.165) is 5.72 Å². The molecule has 0 radical (unpaired) electrons. The molecule has 2 heterocycles. The van der Waals surface area contributed by atoms with Gasteiger partial charge in [0.15, 0.2) is 13.5 Å². The lowest BCUT2D eigenvalue weighted by atomic mass is 9.48. The molecule has 6 nitrogen and oxygen atoms in total. The second-order valence-corrected chi connectivity index (χ2v) is 9.44. The highest BCUT2D eigenvalue weighted by atomic mass is 16.2. The summed E-state index contributed by atoms with van der Waals surface area (Å²) in [5.41, 5.74) is 1.10. The first kappa shape index (κ1) is 19.1. The summed E-state index contributed by atoms with van der Waals surface area (Å²) in [5.74, 6) is 0.